The Morgan fingerprint density at radius 3 is 2.76 bits per heavy atom. The van der Waals surface area contributed by atoms with Crippen molar-refractivity contribution in [1.82, 2.24) is 10.3 Å². The van der Waals surface area contributed by atoms with Crippen LogP contribution in [0.4, 0.5) is 4.39 Å². The molecule has 1 aliphatic heterocycles. The maximum Gasteiger partial charge on any atom is 0.271 e. The van der Waals surface area contributed by atoms with Crippen LogP contribution in [0.15, 0.2) is 52.0 Å². The van der Waals surface area contributed by atoms with Crippen LogP contribution in [-0.4, -0.2) is 55.8 Å². The summed E-state index contributed by atoms with van der Waals surface area (Å²) in [7, 11) is 0. The van der Waals surface area contributed by atoms with Gasteiger partial charge in [-0.25, -0.2) is 9.82 Å². The fraction of sp³-hybridized carbons (Fsp3) is 0.250. The van der Waals surface area contributed by atoms with Gasteiger partial charge in [0.2, 0.25) is 0 Å². The van der Waals surface area contributed by atoms with E-state index in [4.69, 9.17) is 9.47 Å². The number of amides is 2. The summed E-state index contributed by atoms with van der Waals surface area (Å²) in [6.07, 6.45) is 1.45. The molecule has 0 spiro atoms. The van der Waals surface area contributed by atoms with E-state index in [1.54, 1.807) is 23.1 Å². The highest BCUT2D eigenvalue weighted by atomic mass is 79.9. The quantitative estimate of drug-likeness (QED) is 0.527. The third-order valence-electron chi connectivity index (χ3n) is 4.14. The molecule has 0 saturated carbocycles. The lowest BCUT2D eigenvalue weighted by molar-refractivity contribution is -0.137. The van der Waals surface area contributed by atoms with Crippen molar-refractivity contribution in [2.24, 2.45) is 5.10 Å². The summed E-state index contributed by atoms with van der Waals surface area (Å²) in [5, 5.41) is 3.87. The number of nitrogens with one attached hydrogen (secondary N) is 1. The largest absolute Gasteiger partial charge is 0.483 e. The minimum atomic E-state index is -0.513. The van der Waals surface area contributed by atoms with E-state index in [2.05, 4.69) is 26.5 Å². The van der Waals surface area contributed by atoms with Gasteiger partial charge in [-0.3, -0.25) is 9.59 Å². The predicted molar refractivity (Wildman–Crippen MR) is 108 cm³/mol. The molecular formula is C20H19BrFN3O4. The van der Waals surface area contributed by atoms with Gasteiger partial charge in [0.05, 0.1) is 23.9 Å². The second kappa shape index (κ2) is 10.1. The number of ether oxygens (including phenoxy) is 2. The second-order valence-corrected chi connectivity index (χ2v) is 7.04. The van der Waals surface area contributed by atoms with Gasteiger partial charge in [-0.05, 0) is 57.9 Å². The lowest BCUT2D eigenvalue weighted by atomic mass is 10.2. The molecule has 152 valence electrons. The van der Waals surface area contributed by atoms with E-state index in [0.717, 1.165) is 6.07 Å². The van der Waals surface area contributed by atoms with Crippen molar-refractivity contribution in [3.63, 3.8) is 0 Å². The first kappa shape index (κ1) is 20.9. The van der Waals surface area contributed by atoms with Crippen LogP contribution in [0.5, 0.6) is 5.75 Å². The van der Waals surface area contributed by atoms with Crippen molar-refractivity contribution >= 4 is 34.0 Å². The summed E-state index contributed by atoms with van der Waals surface area (Å²) < 4.78 is 24.6. The molecule has 0 bridgehead atoms. The summed E-state index contributed by atoms with van der Waals surface area (Å²) in [4.78, 5) is 25.8. The van der Waals surface area contributed by atoms with Crippen molar-refractivity contribution in [1.29, 1.82) is 0 Å². The minimum absolute atomic E-state index is 0.0598. The number of hydrazone groups is 1. The molecule has 0 aromatic heterocycles. The van der Waals surface area contributed by atoms with Crippen LogP contribution in [0.2, 0.25) is 0 Å². The molecule has 1 saturated heterocycles. The monoisotopic (exact) mass is 463 g/mol. The Labute approximate surface area is 175 Å². The Morgan fingerprint density at radius 1 is 1.24 bits per heavy atom. The molecule has 0 unspecified atom stereocenters. The molecular weight excluding hydrogens is 445 g/mol. The zero-order valence-corrected chi connectivity index (χ0v) is 17.0. The lowest BCUT2D eigenvalue weighted by Crippen LogP contribution is -2.43. The molecule has 7 nitrogen and oxygen atoms in total. The van der Waals surface area contributed by atoms with Crippen LogP contribution in [-0.2, 0) is 9.53 Å². The van der Waals surface area contributed by atoms with Crippen molar-refractivity contribution in [2.75, 3.05) is 32.9 Å². The minimum Gasteiger partial charge on any atom is -0.483 e. The van der Waals surface area contributed by atoms with Crippen LogP contribution in [0.1, 0.15) is 15.9 Å². The van der Waals surface area contributed by atoms with Gasteiger partial charge >= 0.3 is 0 Å². The third-order valence-corrected chi connectivity index (χ3v) is 4.76. The highest BCUT2D eigenvalue weighted by molar-refractivity contribution is 9.10. The molecule has 1 N–H and O–H groups in total. The highest BCUT2D eigenvalue weighted by Gasteiger charge is 2.17. The van der Waals surface area contributed by atoms with Crippen LogP contribution in [0, 0.1) is 5.82 Å². The van der Waals surface area contributed by atoms with Gasteiger partial charge in [-0.15, -0.1) is 0 Å². The van der Waals surface area contributed by atoms with E-state index in [1.807, 2.05) is 0 Å². The number of hydrogen-bond acceptors (Lipinski definition) is 5. The fourth-order valence-electron chi connectivity index (χ4n) is 2.62. The number of benzene rings is 2. The molecule has 1 aliphatic rings. The van der Waals surface area contributed by atoms with E-state index in [9.17, 15) is 14.0 Å². The lowest BCUT2D eigenvalue weighted by Gasteiger charge is -2.26. The normalized spacial score (nSPS) is 14.1. The van der Waals surface area contributed by atoms with Crippen molar-refractivity contribution in [3.8, 4) is 5.75 Å². The van der Waals surface area contributed by atoms with E-state index < -0.39 is 11.7 Å². The molecule has 0 atom stereocenters. The zero-order valence-electron chi connectivity index (χ0n) is 15.4. The van der Waals surface area contributed by atoms with Crippen LogP contribution < -0.4 is 10.2 Å². The maximum absolute atomic E-state index is 13.2. The molecule has 2 amide bonds. The van der Waals surface area contributed by atoms with Gasteiger partial charge in [-0.2, -0.15) is 5.10 Å². The van der Waals surface area contributed by atoms with Crippen LogP contribution in [0.25, 0.3) is 0 Å². The van der Waals surface area contributed by atoms with Gasteiger partial charge < -0.3 is 14.4 Å². The van der Waals surface area contributed by atoms with Crippen LogP contribution in [0.3, 0.4) is 0 Å². The predicted octanol–water partition coefficient (Wildman–Crippen LogP) is 2.59. The smallest absolute Gasteiger partial charge is 0.271 e. The summed E-state index contributed by atoms with van der Waals surface area (Å²) in [6, 6.07) is 10.5. The molecule has 3 rings (SSSR count). The van der Waals surface area contributed by atoms with E-state index >= 15 is 0 Å². The van der Waals surface area contributed by atoms with E-state index in [0.29, 0.717) is 42.1 Å². The number of nitrogens with zero attached hydrogens (tertiary/aromatic N) is 2. The highest BCUT2D eigenvalue weighted by Crippen LogP contribution is 2.25. The first-order valence-electron chi connectivity index (χ1n) is 8.90. The summed E-state index contributed by atoms with van der Waals surface area (Å²) >= 11 is 3.40. The SMILES string of the molecule is O=C(N/N=C\c1ccc(OCC(=O)N2CCOCC2)c(Br)c1)c1cccc(F)c1. The maximum atomic E-state index is 13.2. The number of carbonyl (C=O) groups excluding carboxylic acids is 2. The molecule has 0 radical (unpaired) electrons. The second-order valence-electron chi connectivity index (χ2n) is 6.18. The summed E-state index contributed by atoms with van der Waals surface area (Å²) in [5.74, 6) is -0.576. The standard InChI is InChI=1S/C20H19BrFN3O4/c21-17-10-14(12-23-24-20(27)15-2-1-3-16(22)11-15)4-5-18(17)29-13-19(26)25-6-8-28-9-7-25/h1-5,10-12H,6-9,13H2,(H,24,27)/b23-12-. The zero-order chi connectivity index (χ0) is 20.6. The molecule has 2 aromatic rings. The topological polar surface area (TPSA) is 80.2 Å². The summed E-state index contributed by atoms with van der Waals surface area (Å²) in [5.41, 5.74) is 3.22. The molecule has 9 heteroatoms. The molecule has 29 heavy (non-hydrogen) atoms. The van der Waals surface area contributed by atoms with Crippen molar-refractivity contribution < 1.29 is 23.5 Å². The molecule has 1 heterocycles. The van der Waals surface area contributed by atoms with Crippen molar-refractivity contribution in [2.45, 2.75) is 0 Å². The van der Waals surface area contributed by atoms with Gasteiger partial charge in [0, 0.05) is 18.7 Å². The number of hydrogen-bond donors (Lipinski definition) is 1. The molecule has 2 aromatic carbocycles. The van der Waals surface area contributed by atoms with Crippen molar-refractivity contribution in [3.05, 3.63) is 63.9 Å². The van der Waals surface area contributed by atoms with Gasteiger partial charge in [0.1, 0.15) is 11.6 Å². The van der Waals surface area contributed by atoms with E-state index in [1.165, 1.54) is 24.4 Å². The first-order valence-corrected chi connectivity index (χ1v) is 9.69. The Balaban J connectivity index is 1.52. The van der Waals surface area contributed by atoms with Gasteiger partial charge in [0.15, 0.2) is 6.61 Å². The molecule has 1 fully saturated rings. The Hall–Kier alpha value is -2.78. The number of rotatable bonds is 6. The fourth-order valence-corrected chi connectivity index (χ4v) is 3.13. The Morgan fingerprint density at radius 2 is 2.03 bits per heavy atom. The van der Waals surface area contributed by atoms with Gasteiger partial charge in [0.25, 0.3) is 11.8 Å². The molecule has 0 aliphatic carbocycles. The van der Waals surface area contributed by atoms with Gasteiger partial charge in [-0.1, -0.05) is 6.07 Å². The first-order chi connectivity index (χ1) is 14.0. The number of carbonyl (C=O) groups is 2. The average molecular weight is 464 g/mol. The van der Waals surface area contributed by atoms with E-state index in [-0.39, 0.29) is 18.1 Å². The number of halogens is 2. The average Bonchev–Trinajstić information content (AvgIpc) is 2.73. The van der Waals surface area contributed by atoms with Crippen LogP contribution >= 0.6 is 15.9 Å². The Kier molecular flexibility index (Phi) is 7.31. The third kappa shape index (κ3) is 6.10. The number of morpholine rings is 1. The summed E-state index contributed by atoms with van der Waals surface area (Å²) in [6.45, 7) is 2.16. The Bertz CT molecular complexity index is 916.